The summed E-state index contributed by atoms with van der Waals surface area (Å²) in [5, 5.41) is 10.2. The fraction of sp³-hybridized carbons (Fsp3) is 0.667. The number of hydrogen-bond acceptors (Lipinski definition) is 3. The largest absolute Gasteiger partial charge is 0.385 e. The molecule has 0 saturated carbocycles. The molecule has 1 heterocycles. The predicted octanol–water partition coefficient (Wildman–Crippen LogP) is 1.10. The van der Waals surface area contributed by atoms with Gasteiger partial charge in [-0.2, -0.15) is 5.10 Å². The highest BCUT2D eigenvalue weighted by Crippen LogP contribution is 2.06. The van der Waals surface area contributed by atoms with E-state index in [2.05, 4.69) is 22.4 Å². The fourth-order valence-electron chi connectivity index (χ4n) is 1.15. The van der Waals surface area contributed by atoms with Gasteiger partial charge in [-0.3, -0.25) is 5.10 Å². The molecule has 0 amide bonds. The molecule has 4 heteroatoms. The van der Waals surface area contributed by atoms with Crippen LogP contribution in [0.4, 0.5) is 0 Å². The average molecular weight is 183 g/mol. The number of aromatic amines is 1. The first-order chi connectivity index (χ1) is 6.34. The molecular weight excluding hydrogens is 166 g/mol. The normalized spacial score (nSPS) is 13.1. The zero-order valence-corrected chi connectivity index (χ0v) is 8.21. The molecule has 1 aromatic rings. The van der Waals surface area contributed by atoms with Crippen molar-refractivity contribution in [1.29, 1.82) is 0 Å². The zero-order chi connectivity index (χ0) is 9.52. The third-order valence-corrected chi connectivity index (χ3v) is 1.96. The van der Waals surface area contributed by atoms with Crippen molar-refractivity contribution in [2.75, 3.05) is 20.3 Å². The molecule has 1 aromatic heterocycles. The lowest BCUT2D eigenvalue weighted by atomic mass is 10.2. The number of H-pyrrole nitrogens is 1. The highest BCUT2D eigenvalue weighted by Gasteiger charge is 2.03. The Balaban J connectivity index is 2.15. The van der Waals surface area contributed by atoms with E-state index >= 15 is 0 Å². The third kappa shape index (κ3) is 3.57. The molecule has 0 bridgehead atoms. The van der Waals surface area contributed by atoms with Gasteiger partial charge in [0.2, 0.25) is 0 Å². The molecular formula is C9H17N3O. The van der Waals surface area contributed by atoms with Gasteiger partial charge < -0.3 is 10.1 Å². The van der Waals surface area contributed by atoms with Crippen LogP contribution in [0.25, 0.3) is 0 Å². The molecule has 0 spiro atoms. The summed E-state index contributed by atoms with van der Waals surface area (Å²) in [5.74, 6) is 0. The first-order valence-corrected chi connectivity index (χ1v) is 4.56. The maximum Gasteiger partial charge on any atom is 0.0518 e. The van der Waals surface area contributed by atoms with Crippen molar-refractivity contribution in [3.8, 4) is 0 Å². The second-order valence-electron chi connectivity index (χ2n) is 3.03. The quantitative estimate of drug-likeness (QED) is 0.649. The summed E-state index contributed by atoms with van der Waals surface area (Å²) in [4.78, 5) is 0. The minimum absolute atomic E-state index is 0.333. The highest BCUT2D eigenvalue weighted by molar-refractivity contribution is 5.02. The van der Waals surface area contributed by atoms with E-state index in [1.54, 1.807) is 13.3 Å². The van der Waals surface area contributed by atoms with Gasteiger partial charge in [0.1, 0.15) is 0 Å². The maximum absolute atomic E-state index is 4.95. The van der Waals surface area contributed by atoms with Crippen LogP contribution in [0, 0.1) is 0 Å². The van der Waals surface area contributed by atoms with Gasteiger partial charge in [0, 0.05) is 26.0 Å². The Hall–Kier alpha value is -0.870. The van der Waals surface area contributed by atoms with Crippen LogP contribution in [-0.4, -0.2) is 30.5 Å². The van der Waals surface area contributed by atoms with Crippen molar-refractivity contribution in [3.63, 3.8) is 0 Å². The Morgan fingerprint density at radius 3 is 3.15 bits per heavy atom. The van der Waals surface area contributed by atoms with E-state index < -0.39 is 0 Å². The molecule has 13 heavy (non-hydrogen) atoms. The molecule has 0 saturated heterocycles. The SMILES string of the molecule is COCCCNC(C)c1ccn[nH]1. The molecule has 0 aromatic carbocycles. The van der Waals surface area contributed by atoms with E-state index in [4.69, 9.17) is 4.74 Å². The minimum Gasteiger partial charge on any atom is -0.385 e. The molecule has 0 aliphatic rings. The lowest BCUT2D eigenvalue weighted by Crippen LogP contribution is -2.21. The van der Waals surface area contributed by atoms with Crippen molar-refractivity contribution in [2.24, 2.45) is 0 Å². The standard InChI is InChI=1S/C9H17N3O/c1-8(9-4-6-11-12-9)10-5-3-7-13-2/h4,6,8,10H,3,5,7H2,1-2H3,(H,11,12). The van der Waals surface area contributed by atoms with Crippen molar-refractivity contribution >= 4 is 0 Å². The van der Waals surface area contributed by atoms with Crippen LogP contribution in [0.5, 0.6) is 0 Å². The smallest absolute Gasteiger partial charge is 0.0518 e. The molecule has 0 fully saturated rings. The number of ether oxygens (including phenoxy) is 1. The Bertz CT molecular complexity index is 211. The Morgan fingerprint density at radius 2 is 2.54 bits per heavy atom. The fourth-order valence-corrected chi connectivity index (χ4v) is 1.15. The number of nitrogens with zero attached hydrogens (tertiary/aromatic N) is 1. The first-order valence-electron chi connectivity index (χ1n) is 4.56. The van der Waals surface area contributed by atoms with E-state index in [1.165, 1.54) is 0 Å². The molecule has 74 valence electrons. The number of rotatable bonds is 6. The lowest BCUT2D eigenvalue weighted by Gasteiger charge is -2.10. The van der Waals surface area contributed by atoms with E-state index in [0.717, 1.165) is 25.3 Å². The van der Waals surface area contributed by atoms with Crippen LogP contribution in [0.1, 0.15) is 25.1 Å². The summed E-state index contributed by atoms with van der Waals surface area (Å²) in [6.07, 6.45) is 2.80. The summed E-state index contributed by atoms with van der Waals surface area (Å²) >= 11 is 0. The molecule has 1 rings (SSSR count). The second kappa shape index (κ2) is 5.72. The molecule has 4 nitrogen and oxygen atoms in total. The highest BCUT2D eigenvalue weighted by atomic mass is 16.5. The van der Waals surface area contributed by atoms with Crippen LogP contribution in [-0.2, 0) is 4.74 Å². The number of aromatic nitrogens is 2. The van der Waals surface area contributed by atoms with E-state index in [0.29, 0.717) is 6.04 Å². The van der Waals surface area contributed by atoms with Gasteiger partial charge in [-0.25, -0.2) is 0 Å². The van der Waals surface area contributed by atoms with Gasteiger partial charge >= 0.3 is 0 Å². The van der Waals surface area contributed by atoms with Gasteiger partial charge in [0.25, 0.3) is 0 Å². The maximum atomic E-state index is 4.95. The van der Waals surface area contributed by atoms with Crippen molar-refractivity contribution in [3.05, 3.63) is 18.0 Å². The second-order valence-corrected chi connectivity index (χ2v) is 3.03. The Labute approximate surface area is 78.7 Å². The minimum atomic E-state index is 0.333. The molecule has 2 N–H and O–H groups in total. The van der Waals surface area contributed by atoms with Gasteiger partial charge in [-0.15, -0.1) is 0 Å². The van der Waals surface area contributed by atoms with Crippen molar-refractivity contribution in [2.45, 2.75) is 19.4 Å². The van der Waals surface area contributed by atoms with E-state index in [9.17, 15) is 0 Å². The predicted molar refractivity (Wildman–Crippen MR) is 51.5 cm³/mol. The van der Waals surface area contributed by atoms with Crippen LogP contribution < -0.4 is 5.32 Å². The zero-order valence-electron chi connectivity index (χ0n) is 8.21. The van der Waals surface area contributed by atoms with E-state index in [1.807, 2.05) is 6.07 Å². The Kier molecular flexibility index (Phi) is 4.49. The van der Waals surface area contributed by atoms with E-state index in [-0.39, 0.29) is 0 Å². The van der Waals surface area contributed by atoms with Crippen LogP contribution in [0.2, 0.25) is 0 Å². The number of methoxy groups -OCH3 is 1. The molecule has 0 aliphatic carbocycles. The van der Waals surface area contributed by atoms with Crippen molar-refractivity contribution in [1.82, 2.24) is 15.5 Å². The van der Waals surface area contributed by atoms with Crippen LogP contribution >= 0.6 is 0 Å². The molecule has 0 aliphatic heterocycles. The summed E-state index contributed by atoms with van der Waals surface area (Å²) in [6.45, 7) is 3.89. The molecule has 0 radical (unpaired) electrons. The molecule has 1 unspecified atom stereocenters. The van der Waals surface area contributed by atoms with Gasteiger partial charge in [0.05, 0.1) is 5.69 Å². The topological polar surface area (TPSA) is 49.9 Å². The number of nitrogens with one attached hydrogen (secondary N) is 2. The Morgan fingerprint density at radius 1 is 1.69 bits per heavy atom. The van der Waals surface area contributed by atoms with Gasteiger partial charge in [-0.1, -0.05) is 0 Å². The monoisotopic (exact) mass is 183 g/mol. The van der Waals surface area contributed by atoms with Crippen LogP contribution in [0.3, 0.4) is 0 Å². The summed E-state index contributed by atoms with van der Waals surface area (Å²) < 4.78 is 4.95. The third-order valence-electron chi connectivity index (χ3n) is 1.96. The molecule has 1 atom stereocenters. The first kappa shape index (κ1) is 10.2. The van der Waals surface area contributed by atoms with Gasteiger partial charge in [-0.05, 0) is 26.0 Å². The number of hydrogen-bond donors (Lipinski definition) is 2. The lowest BCUT2D eigenvalue weighted by molar-refractivity contribution is 0.193. The summed E-state index contributed by atoms with van der Waals surface area (Å²) in [5.41, 5.74) is 1.12. The van der Waals surface area contributed by atoms with Gasteiger partial charge in [0.15, 0.2) is 0 Å². The van der Waals surface area contributed by atoms with Crippen molar-refractivity contribution < 1.29 is 4.74 Å². The average Bonchev–Trinajstić information content (AvgIpc) is 2.65. The summed E-state index contributed by atoms with van der Waals surface area (Å²) in [7, 11) is 1.72. The summed E-state index contributed by atoms with van der Waals surface area (Å²) in [6, 6.07) is 2.31. The van der Waals surface area contributed by atoms with Crippen LogP contribution in [0.15, 0.2) is 12.3 Å².